The second kappa shape index (κ2) is 4.86. The minimum Gasteiger partial charge on any atom is -0.349 e. The summed E-state index contributed by atoms with van der Waals surface area (Å²) < 4.78 is 3.80. The Morgan fingerprint density at radius 3 is 2.67 bits per heavy atom. The lowest BCUT2D eigenvalue weighted by molar-refractivity contribution is 0.528. The molecular formula is C16H19N7O. The lowest BCUT2D eigenvalue weighted by Gasteiger charge is -2.15. The highest BCUT2D eigenvalue weighted by Crippen LogP contribution is 2.27. The van der Waals surface area contributed by atoms with Gasteiger partial charge >= 0.3 is 0 Å². The van der Waals surface area contributed by atoms with Crippen LogP contribution in [-0.4, -0.2) is 34.8 Å². The third-order valence-electron chi connectivity index (χ3n) is 4.29. The monoisotopic (exact) mass is 325 g/mol. The molecule has 1 aliphatic heterocycles. The van der Waals surface area contributed by atoms with Crippen LogP contribution in [0.25, 0.3) is 11.0 Å². The van der Waals surface area contributed by atoms with Gasteiger partial charge in [0.2, 0.25) is 5.95 Å². The van der Waals surface area contributed by atoms with E-state index in [9.17, 15) is 4.79 Å². The molecule has 8 heteroatoms. The van der Waals surface area contributed by atoms with E-state index >= 15 is 0 Å². The lowest BCUT2D eigenvalue weighted by Crippen LogP contribution is -2.28. The Morgan fingerprint density at radius 2 is 1.96 bits per heavy atom. The molecule has 0 bridgehead atoms. The van der Waals surface area contributed by atoms with Crippen LogP contribution in [0.1, 0.15) is 30.9 Å². The molecule has 0 aliphatic carbocycles. The Labute approximate surface area is 138 Å². The Hall–Kier alpha value is -2.77. The molecule has 1 N–H and O–H groups in total. The van der Waals surface area contributed by atoms with E-state index < -0.39 is 0 Å². The van der Waals surface area contributed by atoms with Crippen molar-refractivity contribution in [3.63, 3.8) is 0 Å². The van der Waals surface area contributed by atoms with Crippen LogP contribution in [0.4, 0.5) is 5.95 Å². The van der Waals surface area contributed by atoms with E-state index in [1.54, 1.807) is 12.4 Å². The largest absolute Gasteiger partial charge is 0.349 e. The van der Waals surface area contributed by atoms with Crippen molar-refractivity contribution < 1.29 is 0 Å². The molecule has 0 amide bonds. The zero-order valence-corrected chi connectivity index (χ0v) is 14.2. The van der Waals surface area contributed by atoms with E-state index in [1.165, 1.54) is 0 Å². The average Bonchev–Trinajstić information content (AvgIpc) is 2.99. The van der Waals surface area contributed by atoms with Gasteiger partial charge in [-0.1, -0.05) is 0 Å². The van der Waals surface area contributed by atoms with E-state index in [0.29, 0.717) is 23.5 Å². The van der Waals surface area contributed by atoms with Crippen LogP contribution < -0.4 is 10.9 Å². The number of hydrogen-bond donors (Lipinski definition) is 1. The molecule has 0 saturated heterocycles. The van der Waals surface area contributed by atoms with Crippen LogP contribution in [0.3, 0.4) is 0 Å². The molecule has 124 valence electrons. The zero-order chi connectivity index (χ0) is 17.1. The number of aromatic nitrogens is 6. The number of hydrogen-bond acceptors (Lipinski definition) is 6. The molecule has 0 aromatic carbocycles. The summed E-state index contributed by atoms with van der Waals surface area (Å²) in [6.07, 6.45) is 3.57. The van der Waals surface area contributed by atoms with Crippen LogP contribution in [0.2, 0.25) is 0 Å². The van der Waals surface area contributed by atoms with E-state index in [-0.39, 0.29) is 11.1 Å². The molecule has 0 unspecified atom stereocenters. The van der Waals surface area contributed by atoms with Gasteiger partial charge in [-0.05, 0) is 27.7 Å². The molecule has 4 heterocycles. The maximum absolute atomic E-state index is 12.4. The third kappa shape index (κ3) is 2.26. The van der Waals surface area contributed by atoms with Gasteiger partial charge in [0.05, 0.1) is 24.3 Å². The molecule has 8 nitrogen and oxygen atoms in total. The summed E-state index contributed by atoms with van der Waals surface area (Å²) in [5.41, 5.74) is 2.03. The number of nitrogens with one attached hydrogen (secondary N) is 1. The molecule has 0 saturated carbocycles. The summed E-state index contributed by atoms with van der Waals surface area (Å²) in [5, 5.41) is 8.52. The standard InChI is InChI=1S/C16H19N7O/c1-9-12-13(21-23(9)7-11-5-17-10(2)18-6-11)22-8-16(3,4)20-15(22)19-14(12)24/h5-6H,7-8H2,1-4H3,(H,19,20,24). The Kier molecular flexibility index (Phi) is 3.00. The van der Waals surface area contributed by atoms with Crippen molar-refractivity contribution in [2.24, 2.45) is 0 Å². The molecule has 3 aromatic heterocycles. The van der Waals surface area contributed by atoms with Crippen molar-refractivity contribution >= 4 is 17.0 Å². The van der Waals surface area contributed by atoms with Crippen LogP contribution in [-0.2, 0) is 13.1 Å². The molecule has 1 aliphatic rings. The number of fused-ring (bicyclic) bond motifs is 3. The maximum Gasteiger partial charge on any atom is 0.285 e. The number of rotatable bonds is 2. The Balaban J connectivity index is 1.85. The third-order valence-corrected chi connectivity index (χ3v) is 4.29. The molecule has 0 atom stereocenters. The average molecular weight is 325 g/mol. The number of aryl methyl sites for hydroxylation is 2. The molecule has 0 spiro atoms. The van der Waals surface area contributed by atoms with Crippen molar-refractivity contribution in [1.29, 1.82) is 0 Å². The van der Waals surface area contributed by atoms with Gasteiger partial charge in [0.1, 0.15) is 11.2 Å². The van der Waals surface area contributed by atoms with E-state index in [0.717, 1.165) is 23.6 Å². The topological polar surface area (TPSA) is 90.5 Å². The summed E-state index contributed by atoms with van der Waals surface area (Å²) in [4.78, 5) is 25.1. The summed E-state index contributed by atoms with van der Waals surface area (Å²) in [7, 11) is 0. The number of anilines is 1. The van der Waals surface area contributed by atoms with Gasteiger partial charge in [0.25, 0.3) is 5.56 Å². The van der Waals surface area contributed by atoms with Crippen molar-refractivity contribution in [1.82, 2.24) is 29.3 Å². The fourth-order valence-corrected chi connectivity index (χ4v) is 3.09. The van der Waals surface area contributed by atoms with Gasteiger partial charge in [-0.15, -0.1) is 0 Å². The molecule has 3 aromatic rings. The molecule has 0 radical (unpaired) electrons. The van der Waals surface area contributed by atoms with E-state index in [4.69, 9.17) is 0 Å². The first-order valence-electron chi connectivity index (χ1n) is 7.88. The van der Waals surface area contributed by atoms with Crippen LogP contribution in [0.15, 0.2) is 17.2 Å². The van der Waals surface area contributed by atoms with Crippen molar-refractivity contribution in [2.45, 2.75) is 46.3 Å². The van der Waals surface area contributed by atoms with Crippen LogP contribution in [0, 0.1) is 13.8 Å². The van der Waals surface area contributed by atoms with Gasteiger partial charge in [-0.2, -0.15) is 10.1 Å². The first kappa shape index (κ1) is 14.8. The first-order chi connectivity index (χ1) is 11.3. The second-order valence-corrected chi connectivity index (χ2v) is 6.92. The van der Waals surface area contributed by atoms with Gasteiger partial charge < -0.3 is 5.32 Å². The quantitative estimate of drug-likeness (QED) is 0.762. The fraction of sp³-hybridized carbons (Fsp3) is 0.438. The highest BCUT2D eigenvalue weighted by atomic mass is 16.1. The van der Waals surface area contributed by atoms with Gasteiger partial charge in [0.15, 0.2) is 5.65 Å². The van der Waals surface area contributed by atoms with Crippen LogP contribution >= 0.6 is 0 Å². The molecule has 0 fully saturated rings. The summed E-state index contributed by atoms with van der Waals surface area (Å²) in [6.45, 7) is 9.13. The van der Waals surface area contributed by atoms with E-state index in [2.05, 4.69) is 39.2 Å². The van der Waals surface area contributed by atoms with Crippen molar-refractivity contribution in [3.8, 4) is 0 Å². The predicted octanol–water partition coefficient (Wildman–Crippen LogP) is 1.25. The lowest BCUT2D eigenvalue weighted by atomic mass is 10.1. The maximum atomic E-state index is 12.4. The van der Waals surface area contributed by atoms with Crippen LogP contribution in [0.5, 0.6) is 0 Å². The first-order valence-corrected chi connectivity index (χ1v) is 7.88. The Bertz CT molecular complexity index is 998. The summed E-state index contributed by atoms with van der Waals surface area (Å²) in [6, 6.07) is 0. The second-order valence-electron chi connectivity index (χ2n) is 6.92. The molecule has 4 rings (SSSR count). The zero-order valence-electron chi connectivity index (χ0n) is 14.2. The van der Waals surface area contributed by atoms with E-state index in [1.807, 2.05) is 23.1 Å². The SMILES string of the molecule is Cc1ncc(Cn2nc3c(c2C)c(=O)nc2n3CC(C)(C)N2)cn1. The fourth-order valence-electron chi connectivity index (χ4n) is 3.09. The highest BCUT2D eigenvalue weighted by Gasteiger charge is 2.31. The van der Waals surface area contributed by atoms with Crippen molar-refractivity contribution in [2.75, 3.05) is 5.32 Å². The number of nitrogens with zero attached hydrogens (tertiary/aromatic N) is 6. The van der Waals surface area contributed by atoms with Gasteiger partial charge in [-0.3, -0.25) is 14.0 Å². The van der Waals surface area contributed by atoms with Gasteiger partial charge in [0, 0.05) is 18.0 Å². The predicted molar refractivity (Wildman–Crippen MR) is 90.1 cm³/mol. The smallest absolute Gasteiger partial charge is 0.285 e. The minimum atomic E-state index is -0.245. The van der Waals surface area contributed by atoms with Crippen molar-refractivity contribution in [3.05, 3.63) is 39.8 Å². The molecule has 24 heavy (non-hydrogen) atoms. The normalized spacial score (nSPS) is 15.5. The minimum absolute atomic E-state index is 0.150. The molecular weight excluding hydrogens is 306 g/mol. The summed E-state index contributed by atoms with van der Waals surface area (Å²) in [5.74, 6) is 1.31. The highest BCUT2D eigenvalue weighted by molar-refractivity contribution is 5.79. The summed E-state index contributed by atoms with van der Waals surface area (Å²) >= 11 is 0. The Morgan fingerprint density at radius 1 is 1.25 bits per heavy atom. The van der Waals surface area contributed by atoms with Gasteiger partial charge in [-0.25, -0.2) is 9.97 Å².